The summed E-state index contributed by atoms with van der Waals surface area (Å²) in [7, 11) is 0. The van der Waals surface area contributed by atoms with E-state index in [1.54, 1.807) is 6.26 Å². The molecule has 5 heteroatoms. The highest BCUT2D eigenvalue weighted by Crippen LogP contribution is 2.20. The molecule has 1 atom stereocenters. The molecule has 2 N–H and O–H groups in total. The predicted octanol–water partition coefficient (Wildman–Crippen LogP) is 3.27. The molecule has 1 heterocycles. The largest absolute Gasteiger partial charge is 0.469 e. The van der Waals surface area contributed by atoms with Crippen LogP contribution >= 0.6 is 0 Å². The van der Waals surface area contributed by atoms with Crippen LogP contribution in [0.15, 0.2) is 52.1 Å². The van der Waals surface area contributed by atoms with Gasteiger partial charge in [-0.15, -0.1) is 0 Å². The Morgan fingerprint density at radius 2 is 2.08 bits per heavy atom. The minimum atomic E-state index is -0.333. The number of aryl methyl sites for hydroxylation is 1. The summed E-state index contributed by atoms with van der Waals surface area (Å²) in [6, 6.07) is 12.8. The van der Waals surface area contributed by atoms with E-state index in [0.29, 0.717) is 19.0 Å². The number of guanidine groups is 1. The summed E-state index contributed by atoms with van der Waals surface area (Å²) in [6.45, 7) is 0.897. The van der Waals surface area contributed by atoms with Crippen LogP contribution in [0.25, 0.3) is 0 Å². The molecule has 25 heavy (non-hydrogen) atoms. The third-order valence-electron chi connectivity index (χ3n) is 4.49. The molecular weight excluding hydrogens is 317 g/mol. The van der Waals surface area contributed by atoms with Crippen molar-refractivity contribution in [2.24, 2.45) is 4.99 Å². The van der Waals surface area contributed by atoms with Gasteiger partial charge in [0.05, 0.1) is 12.9 Å². The van der Waals surface area contributed by atoms with Crippen LogP contribution < -0.4 is 10.6 Å². The molecule has 0 bridgehead atoms. The van der Waals surface area contributed by atoms with E-state index in [-0.39, 0.29) is 6.67 Å². The summed E-state index contributed by atoms with van der Waals surface area (Å²) in [5.41, 5.74) is 2.85. The normalized spacial score (nSPS) is 17.2. The Kier molecular flexibility index (Phi) is 6.48. The predicted molar refractivity (Wildman–Crippen MR) is 98.7 cm³/mol. The number of hydrogen-bond donors (Lipinski definition) is 2. The molecule has 1 unspecified atom stereocenters. The standard InChI is InChI=1S/C20H26FN3O/c21-11-4-12-22-20(23-13-10-19-7-3-14-25-19)24-18-9-8-16-5-1-2-6-17(16)15-18/h1-3,5-7,14,18H,4,8-13,15H2,(H2,22,23,24). The molecule has 0 saturated carbocycles. The SMILES string of the molecule is FCCCN=C(NCCc1ccco1)NC1CCc2ccccc2C1. The molecule has 0 spiro atoms. The molecule has 0 fully saturated rings. The molecule has 1 aromatic heterocycles. The smallest absolute Gasteiger partial charge is 0.191 e. The van der Waals surface area contributed by atoms with Gasteiger partial charge in [0.15, 0.2) is 5.96 Å². The first-order chi connectivity index (χ1) is 12.3. The fourth-order valence-electron chi connectivity index (χ4n) is 3.18. The van der Waals surface area contributed by atoms with Crippen molar-refractivity contribution < 1.29 is 8.81 Å². The number of benzene rings is 1. The van der Waals surface area contributed by atoms with Crippen LogP contribution in [0, 0.1) is 0 Å². The van der Waals surface area contributed by atoms with Gasteiger partial charge in [-0.3, -0.25) is 9.38 Å². The van der Waals surface area contributed by atoms with Crippen LogP contribution in [0.5, 0.6) is 0 Å². The molecule has 134 valence electrons. The van der Waals surface area contributed by atoms with E-state index in [0.717, 1.165) is 43.9 Å². The third-order valence-corrected chi connectivity index (χ3v) is 4.49. The van der Waals surface area contributed by atoms with Crippen LogP contribution in [0.1, 0.15) is 29.7 Å². The molecule has 3 rings (SSSR count). The molecule has 2 aromatic rings. The lowest BCUT2D eigenvalue weighted by molar-refractivity contribution is 0.475. The first kappa shape index (κ1) is 17.5. The summed E-state index contributed by atoms with van der Waals surface area (Å²) < 4.78 is 17.7. The van der Waals surface area contributed by atoms with E-state index in [1.807, 2.05) is 12.1 Å². The van der Waals surface area contributed by atoms with Crippen molar-refractivity contribution in [3.05, 3.63) is 59.5 Å². The monoisotopic (exact) mass is 343 g/mol. The zero-order chi connectivity index (χ0) is 17.3. The summed E-state index contributed by atoms with van der Waals surface area (Å²) in [6.07, 6.45) is 6.10. The number of halogens is 1. The number of furan rings is 1. The number of fused-ring (bicyclic) bond motifs is 1. The van der Waals surface area contributed by atoms with E-state index >= 15 is 0 Å². The van der Waals surface area contributed by atoms with Gasteiger partial charge in [0.25, 0.3) is 0 Å². The second-order valence-electron chi connectivity index (χ2n) is 6.38. The van der Waals surface area contributed by atoms with E-state index < -0.39 is 0 Å². The van der Waals surface area contributed by atoms with Crippen LogP contribution in [0.3, 0.4) is 0 Å². The Morgan fingerprint density at radius 1 is 1.20 bits per heavy atom. The van der Waals surface area contributed by atoms with Gasteiger partial charge in [0.1, 0.15) is 5.76 Å². The fourth-order valence-corrected chi connectivity index (χ4v) is 3.18. The number of nitrogens with one attached hydrogen (secondary N) is 2. The lowest BCUT2D eigenvalue weighted by Gasteiger charge is -2.27. The molecule has 0 aliphatic heterocycles. The highest BCUT2D eigenvalue weighted by molar-refractivity contribution is 5.80. The summed E-state index contributed by atoms with van der Waals surface area (Å²) >= 11 is 0. The van der Waals surface area contributed by atoms with Crippen molar-refractivity contribution in [3.8, 4) is 0 Å². The third kappa shape index (κ3) is 5.34. The van der Waals surface area contributed by atoms with Crippen molar-refractivity contribution in [1.29, 1.82) is 0 Å². The van der Waals surface area contributed by atoms with Gasteiger partial charge in [-0.2, -0.15) is 0 Å². The Bertz CT molecular complexity index is 669. The van der Waals surface area contributed by atoms with Crippen molar-refractivity contribution in [3.63, 3.8) is 0 Å². The molecule has 0 radical (unpaired) electrons. The van der Waals surface area contributed by atoms with Crippen LogP contribution in [-0.4, -0.2) is 31.8 Å². The maximum Gasteiger partial charge on any atom is 0.191 e. The van der Waals surface area contributed by atoms with Crippen molar-refractivity contribution >= 4 is 5.96 Å². The lowest BCUT2D eigenvalue weighted by Crippen LogP contribution is -2.46. The highest BCUT2D eigenvalue weighted by Gasteiger charge is 2.19. The van der Waals surface area contributed by atoms with Gasteiger partial charge in [-0.05, 0) is 48.9 Å². The van der Waals surface area contributed by atoms with Crippen molar-refractivity contribution in [1.82, 2.24) is 10.6 Å². The van der Waals surface area contributed by atoms with Gasteiger partial charge < -0.3 is 15.1 Å². The van der Waals surface area contributed by atoms with Crippen molar-refractivity contribution in [2.75, 3.05) is 19.8 Å². The Hall–Kier alpha value is -2.30. The van der Waals surface area contributed by atoms with Crippen LogP contribution in [-0.2, 0) is 19.3 Å². The Morgan fingerprint density at radius 3 is 2.88 bits per heavy atom. The van der Waals surface area contributed by atoms with Gasteiger partial charge >= 0.3 is 0 Å². The second kappa shape index (κ2) is 9.25. The van der Waals surface area contributed by atoms with E-state index in [1.165, 1.54) is 11.1 Å². The Balaban J connectivity index is 1.54. The topological polar surface area (TPSA) is 49.6 Å². The molecule has 1 aliphatic rings. The summed E-state index contributed by atoms with van der Waals surface area (Å²) in [4.78, 5) is 4.51. The van der Waals surface area contributed by atoms with E-state index in [2.05, 4.69) is 39.9 Å². The zero-order valence-corrected chi connectivity index (χ0v) is 14.5. The average Bonchev–Trinajstić information content (AvgIpc) is 3.15. The van der Waals surface area contributed by atoms with Gasteiger partial charge in [0, 0.05) is 25.6 Å². The van der Waals surface area contributed by atoms with Crippen LogP contribution in [0.2, 0.25) is 0 Å². The number of aliphatic imine (C=N–C) groups is 1. The number of rotatable bonds is 7. The lowest BCUT2D eigenvalue weighted by atomic mass is 9.88. The average molecular weight is 343 g/mol. The number of alkyl halides is 1. The fraction of sp³-hybridized carbons (Fsp3) is 0.450. The van der Waals surface area contributed by atoms with Crippen LogP contribution in [0.4, 0.5) is 4.39 Å². The minimum Gasteiger partial charge on any atom is -0.469 e. The van der Waals surface area contributed by atoms with E-state index in [9.17, 15) is 4.39 Å². The van der Waals surface area contributed by atoms with Gasteiger partial charge in [-0.1, -0.05) is 24.3 Å². The molecule has 4 nitrogen and oxygen atoms in total. The molecule has 1 aliphatic carbocycles. The zero-order valence-electron chi connectivity index (χ0n) is 14.5. The Labute approximate surface area is 148 Å². The second-order valence-corrected chi connectivity index (χ2v) is 6.38. The number of nitrogens with zero attached hydrogens (tertiary/aromatic N) is 1. The maximum atomic E-state index is 12.4. The summed E-state index contributed by atoms with van der Waals surface area (Å²) in [5, 5.41) is 6.87. The van der Waals surface area contributed by atoms with Gasteiger partial charge in [0.2, 0.25) is 0 Å². The molecule has 0 saturated heterocycles. The molecule has 1 aromatic carbocycles. The van der Waals surface area contributed by atoms with Crippen molar-refractivity contribution in [2.45, 2.75) is 38.1 Å². The van der Waals surface area contributed by atoms with E-state index in [4.69, 9.17) is 4.42 Å². The first-order valence-electron chi connectivity index (χ1n) is 9.05. The molecular formula is C20H26FN3O. The maximum absolute atomic E-state index is 12.4. The minimum absolute atomic E-state index is 0.333. The first-order valence-corrected chi connectivity index (χ1v) is 9.05. The van der Waals surface area contributed by atoms with Gasteiger partial charge in [-0.25, -0.2) is 0 Å². The quantitative estimate of drug-likeness (QED) is 0.461. The summed E-state index contributed by atoms with van der Waals surface area (Å²) in [5.74, 6) is 1.71. The molecule has 0 amide bonds. The number of hydrogen-bond acceptors (Lipinski definition) is 2. The highest BCUT2D eigenvalue weighted by atomic mass is 19.1.